The van der Waals surface area contributed by atoms with E-state index in [4.69, 9.17) is 4.74 Å². The second kappa shape index (κ2) is 6.81. The molecule has 0 aromatic carbocycles. The highest BCUT2D eigenvalue weighted by Gasteiger charge is 2.28. The Morgan fingerprint density at radius 3 is 2.63 bits per heavy atom. The van der Waals surface area contributed by atoms with Gasteiger partial charge in [-0.3, -0.25) is 0 Å². The molecule has 1 N–H and O–H groups in total. The number of esters is 1. The molecule has 1 heterocycles. The SMILES string of the molecule is COC(=O)[C@@H](NC(=O)OCC1COC(=O)O1)C(C)C. The number of amides is 1. The summed E-state index contributed by atoms with van der Waals surface area (Å²) in [4.78, 5) is 33.5. The Balaban J connectivity index is 2.36. The maximum absolute atomic E-state index is 11.5. The van der Waals surface area contributed by atoms with Gasteiger partial charge in [0, 0.05) is 0 Å². The summed E-state index contributed by atoms with van der Waals surface area (Å²) in [6.45, 7) is 3.42. The topological polar surface area (TPSA) is 100 Å². The fraction of sp³-hybridized carbons (Fsp3) is 0.727. The fourth-order valence-electron chi connectivity index (χ4n) is 1.41. The Morgan fingerprint density at radius 2 is 2.16 bits per heavy atom. The third kappa shape index (κ3) is 4.65. The molecule has 1 amide bonds. The molecule has 1 aliphatic rings. The predicted octanol–water partition coefficient (Wildman–Crippen LogP) is 0.446. The van der Waals surface area contributed by atoms with E-state index in [1.165, 1.54) is 7.11 Å². The summed E-state index contributed by atoms with van der Waals surface area (Å²) in [5, 5.41) is 2.39. The van der Waals surface area contributed by atoms with E-state index in [2.05, 4.69) is 19.5 Å². The van der Waals surface area contributed by atoms with Gasteiger partial charge in [-0.1, -0.05) is 13.8 Å². The number of ether oxygens (including phenoxy) is 4. The molecule has 1 saturated heterocycles. The number of carbonyl (C=O) groups is 3. The molecule has 2 atom stereocenters. The van der Waals surface area contributed by atoms with Crippen LogP contribution in [-0.4, -0.2) is 50.7 Å². The van der Waals surface area contributed by atoms with Gasteiger partial charge >= 0.3 is 18.2 Å². The van der Waals surface area contributed by atoms with Gasteiger partial charge in [-0.15, -0.1) is 0 Å². The van der Waals surface area contributed by atoms with Gasteiger partial charge in [0.1, 0.15) is 19.3 Å². The highest BCUT2D eigenvalue weighted by atomic mass is 16.8. The molecule has 0 aliphatic carbocycles. The highest BCUT2D eigenvalue weighted by molar-refractivity contribution is 5.81. The van der Waals surface area contributed by atoms with E-state index in [1.54, 1.807) is 13.8 Å². The zero-order valence-electron chi connectivity index (χ0n) is 11.0. The molecule has 1 fully saturated rings. The Bertz CT molecular complexity index is 355. The summed E-state index contributed by atoms with van der Waals surface area (Å²) in [5.41, 5.74) is 0. The molecule has 8 heteroatoms. The number of hydrogen-bond donors (Lipinski definition) is 1. The van der Waals surface area contributed by atoms with Gasteiger partial charge < -0.3 is 24.3 Å². The molecule has 1 aliphatic heterocycles. The first kappa shape index (κ1) is 15.1. The van der Waals surface area contributed by atoms with Crippen molar-refractivity contribution >= 4 is 18.2 Å². The van der Waals surface area contributed by atoms with Crippen LogP contribution in [0.4, 0.5) is 9.59 Å². The second-order valence-electron chi connectivity index (χ2n) is 4.29. The van der Waals surface area contributed by atoms with Gasteiger partial charge in [0.15, 0.2) is 6.10 Å². The Kier molecular flexibility index (Phi) is 5.40. The lowest BCUT2D eigenvalue weighted by Crippen LogP contribution is -2.45. The molecule has 0 saturated carbocycles. The van der Waals surface area contributed by atoms with Crippen LogP contribution in [0.5, 0.6) is 0 Å². The average Bonchev–Trinajstić information content (AvgIpc) is 2.78. The minimum Gasteiger partial charge on any atom is -0.467 e. The Hall–Kier alpha value is -1.99. The van der Waals surface area contributed by atoms with Crippen molar-refractivity contribution in [2.75, 3.05) is 20.3 Å². The predicted molar refractivity (Wildman–Crippen MR) is 61.3 cm³/mol. The fourth-order valence-corrected chi connectivity index (χ4v) is 1.41. The summed E-state index contributed by atoms with van der Waals surface area (Å²) in [5.74, 6) is -0.699. The quantitative estimate of drug-likeness (QED) is 0.574. The van der Waals surface area contributed by atoms with E-state index in [9.17, 15) is 14.4 Å². The van der Waals surface area contributed by atoms with Crippen molar-refractivity contribution in [2.24, 2.45) is 5.92 Å². The minimum absolute atomic E-state index is 0.0384. The van der Waals surface area contributed by atoms with Crippen LogP contribution in [0, 0.1) is 5.92 Å². The number of alkyl carbamates (subject to hydrolysis) is 1. The van der Waals surface area contributed by atoms with Crippen LogP contribution in [0.25, 0.3) is 0 Å². The van der Waals surface area contributed by atoms with Crippen molar-refractivity contribution in [3.05, 3.63) is 0 Å². The van der Waals surface area contributed by atoms with Crippen molar-refractivity contribution in [3.63, 3.8) is 0 Å². The lowest BCUT2D eigenvalue weighted by Gasteiger charge is -2.19. The molecular formula is C11H17NO7. The van der Waals surface area contributed by atoms with E-state index in [0.29, 0.717) is 0 Å². The van der Waals surface area contributed by atoms with Gasteiger partial charge in [-0.2, -0.15) is 0 Å². The van der Waals surface area contributed by atoms with Gasteiger partial charge in [-0.05, 0) is 5.92 Å². The number of rotatable bonds is 5. The van der Waals surface area contributed by atoms with Crippen LogP contribution < -0.4 is 5.32 Å². The van der Waals surface area contributed by atoms with Gasteiger partial charge in [-0.25, -0.2) is 14.4 Å². The summed E-state index contributed by atoms with van der Waals surface area (Å²) < 4.78 is 18.6. The van der Waals surface area contributed by atoms with E-state index in [1.807, 2.05) is 0 Å². The molecule has 0 aromatic heterocycles. The van der Waals surface area contributed by atoms with Crippen molar-refractivity contribution in [3.8, 4) is 0 Å². The normalized spacial score (nSPS) is 19.4. The van der Waals surface area contributed by atoms with Gasteiger partial charge in [0.2, 0.25) is 0 Å². The smallest absolute Gasteiger partial charge is 0.467 e. The van der Waals surface area contributed by atoms with E-state index >= 15 is 0 Å². The number of hydrogen-bond acceptors (Lipinski definition) is 7. The van der Waals surface area contributed by atoms with Gasteiger partial charge in [0.05, 0.1) is 7.11 Å². The van der Waals surface area contributed by atoms with E-state index in [-0.39, 0.29) is 19.1 Å². The van der Waals surface area contributed by atoms with E-state index in [0.717, 1.165) is 0 Å². The average molecular weight is 275 g/mol. The Morgan fingerprint density at radius 1 is 1.47 bits per heavy atom. The molecule has 1 unspecified atom stereocenters. The maximum atomic E-state index is 11.5. The van der Waals surface area contributed by atoms with Crippen molar-refractivity contribution < 1.29 is 33.3 Å². The number of nitrogens with one attached hydrogen (secondary N) is 1. The van der Waals surface area contributed by atoms with E-state index < -0.39 is 30.4 Å². The molecule has 0 spiro atoms. The third-order valence-corrected chi connectivity index (χ3v) is 2.45. The van der Waals surface area contributed by atoms with Crippen molar-refractivity contribution in [1.29, 1.82) is 0 Å². The first-order valence-electron chi connectivity index (χ1n) is 5.78. The minimum atomic E-state index is -0.792. The van der Waals surface area contributed by atoms with Crippen LogP contribution in [-0.2, 0) is 23.7 Å². The van der Waals surface area contributed by atoms with Gasteiger partial charge in [0.25, 0.3) is 0 Å². The lowest BCUT2D eigenvalue weighted by molar-refractivity contribution is -0.144. The van der Waals surface area contributed by atoms with Crippen LogP contribution in [0.3, 0.4) is 0 Å². The summed E-state index contributed by atoms with van der Waals surface area (Å²) in [6.07, 6.45) is -2.19. The zero-order chi connectivity index (χ0) is 14.4. The molecule has 8 nitrogen and oxygen atoms in total. The standard InChI is InChI=1S/C11H17NO7/c1-6(2)8(9(13)16-3)12-10(14)17-4-7-5-18-11(15)19-7/h6-8H,4-5H2,1-3H3,(H,12,14)/t7?,8-/m0/s1. The molecule has 0 radical (unpaired) electrons. The highest BCUT2D eigenvalue weighted by Crippen LogP contribution is 2.07. The first-order chi connectivity index (χ1) is 8.93. The van der Waals surface area contributed by atoms with Crippen LogP contribution >= 0.6 is 0 Å². The largest absolute Gasteiger partial charge is 0.508 e. The molecule has 1 rings (SSSR count). The second-order valence-corrected chi connectivity index (χ2v) is 4.29. The molecule has 19 heavy (non-hydrogen) atoms. The zero-order valence-corrected chi connectivity index (χ0v) is 11.0. The van der Waals surface area contributed by atoms with Crippen molar-refractivity contribution in [1.82, 2.24) is 5.32 Å². The van der Waals surface area contributed by atoms with Crippen LogP contribution in [0.15, 0.2) is 0 Å². The monoisotopic (exact) mass is 275 g/mol. The Labute approximate surface area is 110 Å². The van der Waals surface area contributed by atoms with Crippen molar-refractivity contribution in [2.45, 2.75) is 26.0 Å². The first-order valence-corrected chi connectivity index (χ1v) is 5.78. The molecular weight excluding hydrogens is 258 g/mol. The van der Waals surface area contributed by atoms with Crippen LogP contribution in [0.2, 0.25) is 0 Å². The summed E-state index contributed by atoms with van der Waals surface area (Å²) in [6, 6.07) is -0.792. The molecule has 108 valence electrons. The van der Waals surface area contributed by atoms with Crippen LogP contribution in [0.1, 0.15) is 13.8 Å². The third-order valence-electron chi connectivity index (χ3n) is 2.45. The molecule has 0 aromatic rings. The maximum Gasteiger partial charge on any atom is 0.508 e. The summed E-state index contributed by atoms with van der Waals surface area (Å²) >= 11 is 0. The number of carbonyl (C=O) groups excluding carboxylic acids is 3. The number of cyclic esters (lactones) is 2. The number of methoxy groups -OCH3 is 1. The lowest BCUT2D eigenvalue weighted by atomic mass is 10.1. The molecule has 0 bridgehead atoms. The summed E-state index contributed by atoms with van der Waals surface area (Å²) in [7, 11) is 1.24.